The molecule has 0 fully saturated rings. The van der Waals surface area contributed by atoms with Crippen LogP contribution >= 0.6 is 34.8 Å². The van der Waals surface area contributed by atoms with Crippen LogP contribution in [0, 0.1) is 0 Å². The van der Waals surface area contributed by atoms with Crippen LogP contribution in [0.2, 0.25) is 15.1 Å². The monoisotopic (exact) mass is 456 g/mol. The summed E-state index contributed by atoms with van der Waals surface area (Å²) in [5.74, 6) is -2.21. The Balaban J connectivity index is 1.99. The molecule has 1 amide bonds. The molecule has 1 atom stereocenters. The number of esters is 1. The molecule has 28 heavy (non-hydrogen) atoms. The largest absolute Gasteiger partial charge is 0.573 e. The zero-order valence-corrected chi connectivity index (χ0v) is 16.1. The molecule has 0 saturated carbocycles. The minimum absolute atomic E-state index is 0.0342. The average Bonchev–Trinajstić information content (AvgIpc) is 2.60. The van der Waals surface area contributed by atoms with Gasteiger partial charge in [-0.1, -0.05) is 34.8 Å². The summed E-state index contributed by atoms with van der Waals surface area (Å²) in [6.45, 7) is 1.28. The lowest BCUT2D eigenvalue weighted by atomic mass is 10.3. The van der Waals surface area contributed by atoms with E-state index in [1.165, 1.54) is 19.1 Å². The van der Waals surface area contributed by atoms with Crippen LogP contribution in [0.5, 0.6) is 5.75 Å². The predicted octanol–water partition coefficient (Wildman–Crippen LogP) is 5.12. The molecule has 1 heterocycles. The number of nitrogens with zero attached hydrogens (tertiary/aromatic N) is 1. The van der Waals surface area contributed by atoms with Gasteiger partial charge in [-0.3, -0.25) is 4.79 Å². The lowest BCUT2D eigenvalue weighted by Gasteiger charge is -2.14. The summed E-state index contributed by atoms with van der Waals surface area (Å²) in [5.41, 5.74) is -0.169. The van der Waals surface area contributed by atoms with E-state index >= 15 is 0 Å². The molecule has 0 spiro atoms. The quantitative estimate of drug-likeness (QED) is 0.630. The van der Waals surface area contributed by atoms with E-state index in [1.807, 2.05) is 0 Å². The number of carbonyl (C=O) groups is 2. The zero-order valence-electron chi connectivity index (χ0n) is 13.8. The summed E-state index contributed by atoms with van der Waals surface area (Å²) in [4.78, 5) is 27.9. The third-order valence-corrected chi connectivity index (χ3v) is 4.36. The molecule has 1 aromatic heterocycles. The molecule has 0 aliphatic carbocycles. The molecule has 150 valence electrons. The van der Waals surface area contributed by atoms with Crippen LogP contribution in [0.4, 0.5) is 18.9 Å². The summed E-state index contributed by atoms with van der Waals surface area (Å²) in [6, 6.07) is 4.40. The number of rotatable bonds is 5. The van der Waals surface area contributed by atoms with E-state index in [2.05, 4.69) is 15.0 Å². The second kappa shape index (κ2) is 8.85. The van der Waals surface area contributed by atoms with E-state index in [0.717, 1.165) is 18.3 Å². The van der Waals surface area contributed by atoms with Crippen LogP contribution in [-0.4, -0.2) is 29.3 Å². The van der Waals surface area contributed by atoms with E-state index in [-0.39, 0.29) is 26.4 Å². The van der Waals surface area contributed by atoms with Gasteiger partial charge < -0.3 is 14.8 Å². The zero-order chi connectivity index (χ0) is 21.1. The van der Waals surface area contributed by atoms with Crippen LogP contribution in [-0.2, 0) is 9.53 Å². The first kappa shape index (κ1) is 22.1. The number of hydrogen-bond acceptors (Lipinski definition) is 5. The number of hydrogen-bond donors (Lipinski definition) is 1. The van der Waals surface area contributed by atoms with Crippen molar-refractivity contribution in [3.63, 3.8) is 0 Å². The first-order valence-electron chi connectivity index (χ1n) is 7.35. The van der Waals surface area contributed by atoms with Gasteiger partial charge in [0.1, 0.15) is 5.75 Å². The smallest absolute Gasteiger partial charge is 0.448 e. The molecule has 6 nitrogen and oxygen atoms in total. The van der Waals surface area contributed by atoms with Crippen LogP contribution in [0.3, 0.4) is 0 Å². The van der Waals surface area contributed by atoms with Gasteiger partial charge >= 0.3 is 12.3 Å². The Labute approximate surface area is 171 Å². The molecule has 0 aliphatic heterocycles. The van der Waals surface area contributed by atoms with Gasteiger partial charge in [-0.2, -0.15) is 0 Å². The normalized spacial score (nSPS) is 12.2. The Morgan fingerprint density at radius 2 is 1.71 bits per heavy atom. The standard InChI is InChI=1S/C16H10Cl3F3N2O4/c1-7(27-15(26)13-12(19)11(18)10(17)6-23-13)14(25)24-8-2-4-9(5-3-8)28-16(20,21)22/h2-7H,1H3,(H,24,25). The van der Waals surface area contributed by atoms with Crippen molar-refractivity contribution in [2.75, 3.05) is 5.32 Å². The number of anilines is 1. The lowest BCUT2D eigenvalue weighted by molar-refractivity contribution is -0.274. The van der Waals surface area contributed by atoms with Crippen LogP contribution < -0.4 is 10.1 Å². The predicted molar refractivity (Wildman–Crippen MR) is 95.9 cm³/mol. The maximum atomic E-state index is 12.1. The van der Waals surface area contributed by atoms with E-state index in [9.17, 15) is 22.8 Å². The molecular weight excluding hydrogens is 448 g/mol. The van der Waals surface area contributed by atoms with Gasteiger partial charge in [0.05, 0.1) is 15.1 Å². The van der Waals surface area contributed by atoms with Crippen LogP contribution in [0.15, 0.2) is 30.5 Å². The van der Waals surface area contributed by atoms with Crippen molar-refractivity contribution in [2.45, 2.75) is 19.4 Å². The van der Waals surface area contributed by atoms with Crippen molar-refractivity contribution in [3.8, 4) is 5.75 Å². The van der Waals surface area contributed by atoms with Crippen molar-refractivity contribution < 1.29 is 32.2 Å². The summed E-state index contributed by atoms with van der Waals surface area (Å²) in [7, 11) is 0. The molecule has 0 radical (unpaired) electrons. The Morgan fingerprint density at radius 3 is 2.29 bits per heavy atom. The van der Waals surface area contributed by atoms with Crippen molar-refractivity contribution >= 4 is 52.4 Å². The molecule has 1 aromatic carbocycles. The van der Waals surface area contributed by atoms with Gasteiger partial charge in [-0.25, -0.2) is 9.78 Å². The maximum Gasteiger partial charge on any atom is 0.573 e. The van der Waals surface area contributed by atoms with Crippen molar-refractivity contribution in [2.24, 2.45) is 0 Å². The first-order chi connectivity index (χ1) is 13.0. The highest BCUT2D eigenvalue weighted by Gasteiger charge is 2.31. The second-order valence-electron chi connectivity index (χ2n) is 5.19. The van der Waals surface area contributed by atoms with Crippen molar-refractivity contribution in [3.05, 3.63) is 51.2 Å². The van der Waals surface area contributed by atoms with E-state index in [0.29, 0.717) is 0 Å². The van der Waals surface area contributed by atoms with Gasteiger partial charge in [-0.15, -0.1) is 13.2 Å². The molecule has 1 N–H and O–H groups in total. The Kier molecular flexibility index (Phi) is 6.97. The number of pyridine rings is 1. The molecule has 0 saturated heterocycles. The number of aromatic nitrogens is 1. The van der Waals surface area contributed by atoms with Crippen LogP contribution in [0.25, 0.3) is 0 Å². The molecule has 2 aromatic rings. The highest BCUT2D eigenvalue weighted by Crippen LogP contribution is 2.31. The number of amides is 1. The second-order valence-corrected chi connectivity index (χ2v) is 6.35. The minimum atomic E-state index is -4.83. The maximum absolute atomic E-state index is 12.1. The van der Waals surface area contributed by atoms with Gasteiger partial charge in [0.25, 0.3) is 5.91 Å². The fraction of sp³-hybridized carbons (Fsp3) is 0.188. The summed E-state index contributed by atoms with van der Waals surface area (Å²) in [6.07, 6.45) is -5.00. The third kappa shape index (κ3) is 5.88. The topological polar surface area (TPSA) is 77.5 Å². The Morgan fingerprint density at radius 1 is 1.11 bits per heavy atom. The average molecular weight is 458 g/mol. The van der Waals surface area contributed by atoms with Crippen molar-refractivity contribution in [1.82, 2.24) is 4.98 Å². The molecule has 2 rings (SSSR count). The van der Waals surface area contributed by atoms with Gasteiger partial charge in [0.15, 0.2) is 11.8 Å². The SMILES string of the molecule is CC(OC(=O)c1ncc(Cl)c(Cl)c1Cl)C(=O)Nc1ccc(OC(F)(F)F)cc1. The van der Waals surface area contributed by atoms with E-state index < -0.39 is 30.1 Å². The molecule has 1 unspecified atom stereocenters. The number of carbonyl (C=O) groups excluding carboxylic acids is 2. The highest BCUT2D eigenvalue weighted by molar-refractivity contribution is 6.48. The molecule has 0 bridgehead atoms. The van der Waals surface area contributed by atoms with Crippen molar-refractivity contribution in [1.29, 1.82) is 0 Å². The third-order valence-electron chi connectivity index (χ3n) is 3.12. The fourth-order valence-electron chi connectivity index (χ4n) is 1.84. The molecule has 0 aliphatic rings. The van der Waals surface area contributed by atoms with Gasteiger partial charge in [-0.05, 0) is 31.2 Å². The Bertz CT molecular complexity index is 892. The number of nitrogens with one attached hydrogen (secondary N) is 1. The summed E-state index contributed by atoms with van der Waals surface area (Å²) < 4.78 is 45.1. The summed E-state index contributed by atoms with van der Waals surface area (Å²) >= 11 is 17.4. The number of benzene rings is 1. The summed E-state index contributed by atoms with van der Waals surface area (Å²) in [5, 5.41) is 2.08. The van der Waals surface area contributed by atoms with E-state index in [1.54, 1.807) is 0 Å². The lowest BCUT2D eigenvalue weighted by Crippen LogP contribution is -2.30. The number of ether oxygens (including phenoxy) is 2. The fourth-order valence-corrected chi connectivity index (χ4v) is 2.40. The molecular formula is C16H10Cl3F3N2O4. The minimum Gasteiger partial charge on any atom is -0.448 e. The van der Waals surface area contributed by atoms with Gasteiger partial charge in [0.2, 0.25) is 0 Å². The first-order valence-corrected chi connectivity index (χ1v) is 8.48. The van der Waals surface area contributed by atoms with Crippen LogP contribution in [0.1, 0.15) is 17.4 Å². The molecule has 12 heteroatoms. The van der Waals surface area contributed by atoms with E-state index in [4.69, 9.17) is 39.5 Å². The van der Waals surface area contributed by atoms with Gasteiger partial charge in [0, 0.05) is 11.9 Å². The number of halogens is 6. The Hall–Kier alpha value is -2.23. The number of alkyl halides is 3. The highest BCUT2D eigenvalue weighted by atomic mass is 35.5.